The van der Waals surface area contributed by atoms with E-state index in [9.17, 15) is 0 Å². The van der Waals surface area contributed by atoms with Crippen LogP contribution >= 0.6 is 22.9 Å². The fraction of sp³-hybridized carbons (Fsp3) is 1.00. The Balaban J connectivity index is 2.30. The number of hydrogen-bond donors (Lipinski definition) is 3. The van der Waals surface area contributed by atoms with Crippen LogP contribution in [0.3, 0.4) is 0 Å². The number of halogens is 1. The predicted molar refractivity (Wildman–Crippen MR) is 87.1 cm³/mol. The summed E-state index contributed by atoms with van der Waals surface area (Å²) in [5.74, 6) is 4.50. The minimum absolute atomic E-state index is 0.139. The van der Waals surface area contributed by atoms with Crippen LogP contribution < -0.4 is 14.6 Å². The van der Waals surface area contributed by atoms with E-state index in [-0.39, 0.29) is 6.17 Å². The van der Waals surface area contributed by atoms with Crippen molar-refractivity contribution < 1.29 is 0 Å². The molecule has 0 aromatic heterocycles. The Bertz CT molecular complexity index is 235. The van der Waals surface area contributed by atoms with Crippen molar-refractivity contribution in [3.05, 3.63) is 0 Å². The van der Waals surface area contributed by atoms with Crippen LogP contribution in [-0.2, 0) is 0 Å². The van der Waals surface area contributed by atoms with Gasteiger partial charge in [-0.2, -0.15) is 0 Å². The summed E-state index contributed by atoms with van der Waals surface area (Å²) in [6.45, 7) is 10.3. The van der Waals surface area contributed by atoms with Crippen LogP contribution in [0.1, 0.15) is 47.0 Å². The summed E-state index contributed by atoms with van der Waals surface area (Å²) in [6.07, 6.45) is 3.86. The van der Waals surface area contributed by atoms with Gasteiger partial charge in [-0.25, -0.2) is 3.53 Å². The molecule has 1 aliphatic carbocycles. The zero-order valence-electron chi connectivity index (χ0n) is 12.2. The number of hydrogen-bond acceptors (Lipinski definition) is 3. The molecule has 1 aliphatic rings. The summed E-state index contributed by atoms with van der Waals surface area (Å²) < 4.78 is 3.04. The van der Waals surface area contributed by atoms with Crippen molar-refractivity contribution in [1.82, 2.24) is 8.85 Å². The van der Waals surface area contributed by atoms with Crippen molar-refractivity contribution in [2.75, 3.05) is 6.67 Å². The van der Waals surface area contributed by atoms with Gasteiger partial charge in [0.1, 0.15) is 0 Å². The fourth-order valence-electron chi connectivity index (χ4n) is 3.32. The lowest BCUT2D eigenvalue weighted by molar-refractivity contribution is 0.337. The lowest BCUT2D eigenvalue weighted by Crippen LogP contribution is -2.40. The summed E-state index contributed by atoms with van der Waals surface area (Å²) in [7, 11) is 0. The molecule has 0 aromatic carbocycles. The van der Waals surface area contributed by atoms with Gasteiger partial charge in [0.25, 0.3) is 0 Å². The highest BCUT2D eigenvalue weighted by Gasteiger charge is 2.50. The van der Waals surface area contributed by atoms with E-state index in [2.05, 4.69) is 59.4 Å². The van der Waals surface area contributed by atoms with Gasteiger partial charge in [-0.05, 0) is 42.4 Å². The zero-order chi connectivity index (χ0) is 13.7. The second-order valence-electron chi connectivity index (χ2n) is 6.11. The molecule has 0 aromatic rings. The topological polar surface area (TPSA) is 50.1 Å². The first-order valence-electron chi connectivity index (χ1n) is 7.35. The molecule has 0 spiro atoms. The monoisotopic (exact) mass is 367 g/mol. The highest BCUT2D eigenvalue weighted by Crippen LogP contribution is 2.56. The smallest absolute Gasteiger partial charge is 0.0556 e. The quantitative estimate of drug-likeness (QED) is 0.334. The van der Waals surface area contributed by atoms with E-state index in [0.717, 1.165) is 42.7 Å². The normalized spacial score (nSPS) is 30.5. The summed E-state index contributed by atoms with van der Waals surface area (Å²) in [6, 6.07) is 0. The molecular weight excluding hydrogens is 337 g/mol. The third-order valence-electron chi connectivity index (χ3n) is 4.77. The molecule has 1 rings (SSSR count). The maximum atomic E-state index is 6.05. The molecule has 0 heterocycles. The first-order chi connectivity index (χ1) is 8.52. The molecule has 108 valence electrons. The van der Waals surface area contributed by atoms with Gasteiger partial charge in [-0.15, -0.1) is 0 Å². The van der Waals surface area contributed by atoms with Crippen LogP contribution in [0.2, 0.25) is 0 Å². The molecular formula is C14H30IN3. The van der Waals surface area contributed by atoms with Crippen molar-refractivity contribution >= 4 is 22.9 Å². The van der Waals surface area contributed by atoms with Crippen LogP contribution in [0.15, 0.2) is 0 Å². The first kappa shape index (κ1) is 16.7. The summed E-state index contributed by atoms with van der Waals surface area (Å²) in [5, 5.41) is 3.27. The molecule has 5 unspecified atom stereocenters. The van der Waals surface area contributed by atoms with E-state index < -0.39 is 0 Å². The van der Waals surface area contributed by atoms with Gasteiger partial charge < -0.3 is 5.73 Å². The minimum atomic E-state index is 0.139. The van der Waals surface area contributed by atoms with E-state index in [1.807, 2.05) is 0 Å². The molecule has 5 atom stereocenters. The molecule has 4 heteroatoms. The van der Waals surface area contributed by atoms with Gasteiger partial charge in [0, 0.05) is 22.9 Å². The average Bonchev–Trinajstić information content (AvgIpc) is 3.05. The zero-order valence-corrected chi connectivity index (χ0v) is 14.4. The molecule has 0 bridgehead atoms. The Morgan fingerprint density at radius 3 is 2.39 bits per heavy atom. The Morgan fingerprint density at radius 2 is 1.89 bits per heavy atom. The van der Waals surface area contributed by atoms with Crippen molar-refractivity contribution in [2.45, 2.75) is 53.1 Å². The van der Waals surface area contributed by atoms with Crippen molar-refractivity contribution in [3.8, 4) is 0 Å². The Hall–Kier alpha value is 0.610. The highest BCUT2D eigenvalue weighted by molar-refractivity contribution is 14.1. The van der Waals surface area contributed by atoms with E-state index in [4.69, 9.17) is 5.73 Å². The second kappa shape index (κ2) is 8.02. The number of nitrogens with two attached hydrogens (primary N) is 1. The Labute approximate surface area is 127 Å². The largest absolute Gasteiger partial charge is 0.316 e. The van der Waals surface area contributed by atoms with Crippen molar-refractivity contribution in [3.63, 3.8) is 0 Å². The molecule has 18 heavy (non-hydrogen) atoms. The van der Waals surface area contributed by atoms with E-state index in [0.29, 0.717) is 0 Å². The third kappa shape index (κ3) is 4.62. The van der Waals surface area contributed by atoms with Gasteiger partial charge in [-0.1, -0.05) is 34.1 Å². The second-order valence-corrected chi connectivity index (χ2v) is 6.88. The molecule has 0 aliphatic heterocycles. The maximum Gasteiger partial charge on any atom is 0.0556 e. The van der Waals surface area contributed by atoms with Gasteiger partial charge in [-0.3, -0.25) is 5.32 Å². The maximum absolute atomic E-state index is 6.05. The molecule has 1 saturated carbocycles. The lowest BCUT2D eigenvalue weighted by Gasteiger charge is -2.16. The molecule has 4 N–H and O–H groups in total. The number of rotatable bonds is 9. The van der Waals surface area contributed by atoms with Gasteiger partial charge in [0.05, 0.1) is 12.8 Å². The van der Waals surface area contributed by atoms with Crippen LogP contribution in [0.5, 0.6) is 0 Å². The minimum Gasteiger partial charge on any atom is -0.316 e. The fourth-order valence-corrected chi connectivity index (χ4v) is 3.54. The molecule has 0 radical (unpaired) electrons. The van der Waals surface area contributed by atoms with Crippen molar-refractivity contribution in [1.29, 1.82) is 0 Å². The SMILES string of the molecule is CCC1C(CCC(N)NCNI)C1C(C)C(C)C. The Kier molecular flexibility index (Phi) is 7.43. The summed E-state index contributed by atoms with van der Waals surface area (Å²) >= 11 is 2.14. The van der Waals surface area contributed by atoms with E-state index >= 15 is 0 Å². The van der Waals surface area contributed by atoms with Crippen molar-refractivity contribution in [2.24, 2.45) is 35.3 Å². The average molecular weight is 367 g/mol. The lowest BCUT2D eigenvalue weighted by atomic mass is 9.90. The summed E-state index contributed by atoms with van der Waals surface area (Å²) in [4.78, 5) is 0. The van der Waals surface area contributed by atoms with Gasteiger partial charge >= 0.3 is 0 Å². The van der Waals surface area contributed by atoms with Crippen LogP contribution in [0, 0.1) is 29.6 Å². The van der Waals surface area contributed by atoms with E-state index in [1.165, 1.54) is 12.8 Å². The predicted octanol–water partition coefficient (Wildman–Crippen LogP) is 3.10. The van der Waals surface area contributed by atoms with Gasteiger partial charge in [0.2, 0.25) is 0 Å². The number of nitrogens with one attached hydrogen (secondary N) is 2. The highest BCUT2D eigenvalue weighted by atomic mass is 127. The standard InChI is InChI=1S/C14H30IN3/c1-5-11-12(14(11)10(4)9(2)3)6-7-13(16)17-8-18-15/h9-14,17-18H,5-8,16H2,1-4H3. The summed E-state index contributed by atoms with van der Waals surface area (Å²) in [5.41, 5.74) is 6.05. The molecule has 1 fully saturated rings. The van der Waals surface area contributed by atoms with Crippen LogP contribution in [0.25, 0.3) is 0 Å². The van der Waals surface area contributed by atoms with Gasteiger partial charge in [0.15, 0.2) is 0 Å². The third-order valence-corrected chi connectivity index (χ3v) is 5.15. The van der Waals surface area contributed by atoms with Crippen LogP contribution in [-0.4, -0.2) is 12.8 Å². The molecule has 3 nitrogen and oxygen atoms in total. The Morgan fingerprint density at radius 1 is 1.22 bits per heavy atom. The molecule has 0 amide bonds. The van der Waals surface area contributed by atoms with Crippen LogP contribution in [0.4, 0.5) is 0 Å². The van der Waals surface area contributed by atoms with E-state index in [1.54, 1.807) is 0 Å². The first-order valence-corrected chi connectivity index (χ1v) is 8.43. The molecule has 0 saturated heterocycles.